The number of aryl methyl sites for hydroxylation is 1. The molecule has 0 saturated carbocycles. The smallest absolute Gasteiger partial charge is 0.258 e. The largest absolute Gasteiger partial charge is 0.311 e. The maximum absolute atomic E-state index is 12.7. The lowest BCUT2D eigenvalue weighted by atomic mass is 10.0. The van der Waals surface area contributed by atoms with E-state index < -0.39 is 0 Å². The highest BCUT2D eigenvalue weighted by atomic mass is 35.5. The van der Waals surface area contributed by atoms with Crippen molar-refractivity contribution < 1.29 is 4.79 Å². The summed E-state index contributed by atoms with van der Waals surface area (Å²) in [5.41, 5.74) is 4.88. The van der Waals surface area contributed by atoms with Crippen molar-refractivity contribution in [2.75, 3.05) is 11.9 Å². The van der Waals surface area contributed by atoms with Gasteiger partial charge in [-0.3, -0.25) is 4.79 Å². The van der Waals surface area contributed by atoms with E-state index in [0.717, 1.165) is 28.2 Å². The molecular weight excluding hydrogens is 334 g/mol. The molecular formula is C20H16ClN3O. The fourth-order valence-electron chi connectivity index (χ4n) is 3.10. The number of halogens is 1. The lowest BCUT2D eigenvalue weighted by molar-refractivity contribution is -0.112. The zero-order chi connectivity index (χ0) is 17.6. The molecule has 1 amide bonds. The number of fused-ring (bicyclic) bond motifs is 1. The van der Waals surface area contributed by atoms with Gasteiger partial charge in [0, 0.05) is 23.7 Å². The van der Waals surface area contributed by atoms with Crippen LogP contribution in [0.5, 0.6) is 0 Å². The number of anilines is 1. The number of nitrogens with zero attached hydrogens (tertiary/aromatic N) is 3. The second-order valence-electron chi connectivity index (χ2n) is 5.98. The van der Waals surface area contributed by atoms with E-state index in [4.69, 9.17) is 11.6 Å². The van der Waals surface area contributed by atoms with E-state index in [1.165, 1.54) is 0 Å². The Bertz CT molecular complexity index is 1010. The summed E-state index contributed by atoms with van der Waals surface area (Å²) in [4.78, 5) is 14.3. The normalized spacial score (nSPS) is 15.1. The van der Waals surface area contributed by atoms with Gasteiger partial charge in [-0.1, -0.05) is 48.0 Å². The van der Waals surface area contributed by atoms with Crippen molar-refractivity contribution in [3.8, 4) is 5.69 Å². The van der Waals surface area contributed by atoms with Gasteiger partial charge in [0.1, 0.15) is 5.15 Å². The van der Waals surface area contributed by atoms with Gasteiger partial charge in [0.2, 0.25) is 0 Å². The summed E-state index contributed by atoms with van der Waals surface area (Å²) in [6.07, 6.45) is 1.84. The number of hydrogen-bond donors (Lipinski definition) is 0. The first kappa shape index (κ1) is 15.7. The van der Waals surface area contributed by atoms with Crippen molar-refractivity contribution in [3.05, 3.63) is 76.6 Å². The molecule has 4 nitrogen and oxygen atoms in total. The van der Waals surface area contributed by atoms with Crippen molar-refractivity contribution in [2.45, 2.75) is 6.92 Å². The van der Waals surface area contributed by atoms with Crippen LogP contribution >= 0.6 is 11.6 Å². The Morgan fingerprint density at radius 3 is 2.48 bits per heavy atom. The summed E-state index contributed by atoms with van der Waals surface area (Å²) in [5.74, 6) is -0.0378. The van der Waals surface area contributed by atoms with Crippen LogP contribution in [-0.2, 0) is 4.79 Å². The molecule has 0 saturated heterocycles. The van der Waals surface area contributed by atoms with Crippen LogP contribution in [0.15, 0.2) is 54.6 Å². The van der Waals surface area contributed by atoms with E-state index in [1.807, 2.05) is 67.6 Å². The number of para-hydroxylation sites is 2. The second-order valence-corrected chi connectivity index (χ2v) is 6.33. The van der Waals surface area contributed by atoms with Crippen LogP contribution in [0.1, 0.15) is 16.8 Å². The second kappa shape index (κ2) is 5.90. The first-order valence-corrected chi connectivity index (χ1v) is 8.35. The predicted molar refractivity (Wildman–Crippen MR) is 101 cm³/mol. The van der Waals surface area contributed by atoms with E-state index in [9.17, 15) is 4.79 Å². The molecule has 124 valence electrons. The summed E-state index contributed by atoms with van der Waals surface area (Å²) in [5, 5.41) is 5.03. The van der Waals surface area contributed by atoms with E-state index in [1.54, 1.807) is 16.6 Å². The molecule has 1 aromatic heterocycles. The minimum absolute atomic E-state index is 0.0378. The third-order valence-electron chi connectivity index (χ3n) is 4.43. The standard InChI is InChI=1S/C20H16ClN3O/c1-13-16(19(21)24(22-13)14-8-4-3-5-9-14)12-17-15-10-6-7-11-18(15)23(2)20(17)25/h3-12H,1-2H3/b17-12-. The SMILES string of the molecule is Cc1nn(-c2ccccc2)c(Cl)c1/C=C1\C(=O)N(C)c2ccccc21. The monoisotopic (exact) mass is 349 g/mol. The van der Waals surface area contributed by atoms with Gasteiger partial charge in [-0.05, 0) is 31.2 Å². The Hall–Kier alpha value is -2.85. The van der Waals surface area contributed by atoms with Gasteiger partial charge in [0.25, 0.3) is 5.91 Å². The average molecular weight is 350 g/mol. The van der Waals surface area contributed by atoms with Crippen LogP contribution in [0.2, 0.25) is 5.15 Å². The van der Waals surface area contributed by atoms with Gasteiger partial charge in [-0.25, -0.2) is 4.68 Å². The first-order valence-electron chi connectivity index (χ1n) is 7.97. The van der Waals surface area contributed by atoms with Crippen molar-refractivity contribution in [2.24, 2.45) is 0 Å². The summed E-state index contributed by atoms with van der Waals surface area (Å²) in [6, 6.07) is 17.5. The third kappa shape index (κ3) is 2.46. The number of aromatic nitrogens is 2. The highest BCUT2D eigenvalue weighted by molar-refractivity contribution is 6.37. The Labute approximate surface area is 151 Å². The molecule has 0 N–H and O–H groups in total. The fourth-order valence-corrected chi connectivity index (χ4v) is 3.43. The van der Waals surface area contributed by atoms with E-state index in [0.29, 0.717) is 10.7 Å². The topological polar surface area (TPSA) is 38.1 Å². The number of carbonyl (C=O) groups excluding carboxylic acids is 1. The third-order valence-corrected chi connectivity index (χ3v) is 4.79. The molecule has 3 aromatic rings. The number of carbonyl (C=O) groups is 1. The molecule has 2 heterocycles. The molecule has 0 fully saturated rings. The van der Waals surface area contributed by atoms with Crippen LogP contribution in [0.3, 0.4) is 0 Å². The van der Waals surface area contributed by atoms with Crippen LogP contribution in [0.4, 0.5) is 5.69 Å². The quantitative estimate of drug-likeness (QED) is 0.645. The average Bonchev–Trinajstić information content (AvgIpc) is 3.06. The molecule has 4 rings (SSSR count). The molecule has 0 spiro atoms. The van der Waals surface area contributed by atoms with E-state index in [-0.39, 0.29) is 5.91 Å². The van der Waals surface area contributed by atoms with E-state index >= 15 is 0 Å². The number of hydrogen-bond acceptors (Lipinski definition) is 2. The van der Waals surface area contributed by atoms with Gasteiger partial charge in [0.05, 0.1) is 17.1 Å². The molecule has 1 aliphatic rings. The van der Waals surface area contributed by atoms with Crippen molar-refractivity contribution >= 4 is 34.8 Å². The minimum atomic E-state index is -0.0378. The molecule has 0 bridgehead atoms. The fraction of sp³-hybridized carbons (Fsp3) is 0.100. The van der Waals surface area contributed by atoms with Gasteiger partial charge in [-0.2, -0.15) is 5.10 Å². The van der Waals surface area contributed by atoms with Gasteiger partial charge in [0.15, 0.2) is 0 Å². The Morgan fingerprint density at radius 2 is 1.72 bits per heavy atom. The summed E-state index contributed by atoms with van der Waals surface area (Å²) < 4.78 is 1.69. The number of amides is 1. The maximum Gasteiger partial charge on any atom is 0.258 e. The van der Waals surface area contributed by atoms with Crippen LogP contribution < -0.4 is 4.90 Å². The van der Waals surface area contributed by atoms with Crippen molar-refractivity contribution in [1.82, 2.24) is 9.78 Å². The van der Waals surface area contributed by atoms with Crippen LogP contribution in [0, 0.1) is 6.92 Å². The van der Waals surface area contributed by atoms with Crippen LogP contribution in [-0.4, -0.2) is 22.7 Å². The molecule has 0 radical (unpaired) electrons. The molecule has 5 heteroatoms. The molecule has 0 aliphatic carbocycles. The Kier molecular flexibility index (Phi) is 3.70. The van der Waals surface area contributed by atoms with Gasteiger partial charge in [-0.15, -0.1) is 0 Å². The minimum Gasteiger partial charge on any atom is -0.311 e. The summed E-state index contributed by atoms with van der Waals surface area (Å²) >= 11 is 6.58. The highest BCUT2D eigenvalue weighted by Gasteiger charge is 2.30. The summed E-state index contributed by atoms with van der Waals surface area (Å²) in [6.45, 7) is 1.90. The lowest BCUT2D eigenvalue weighted by Gasteiger charge is -2.07. The number of likely N-dealkylation sites (N-methyl/N-ethyl adjacent to an activating group) is 1. The molecule has 25 heavy (non-hydrogen) atoms. The zero-order valence-corrected chi connectivity index (χ0v) is 14.7. The Balaban J connectivity index is 1.86. The zero-order valence-electron chi connectivity index (χ0n) is 13.9. The molecule has 2 aromatic carbocycles. The van der Waals surface area contributed by atoms with Crippen molar-refractivity contribution in [1.29, 1.82) is 0 Å². The maximum atomic E-state index is 12.7. The van der Waals surface area contributed by atoms with Crippen molar-refractivity contribution in [3.63, 3.8) is 0 Å². The van der Waals surface area contributed by atoms with Gasteiger partial charge < -0.3 is 4.90 Å². The molecule has 1 aliphatic heterocycles. The van der Waals surface area contributed by atoms with E-state index in [2.05, 4.69) is 5.10 Å². The predicted octanol–water partition coefficient (Wildman–Crippen LogP) is 4.35. The first-order chi connectivity index (χ1) is 12.1. The lowest BCUT2D eigenvalue weighted by Crippen LogP contribution is -2.20. The molecule has 0 atom stereocenters. The van der Waals surface area contributed by atoms with Gasteiger partial charge >= 0.3 is 0 Å². The number of rotatable bonds is 2. The highest BCUT2D eigenvalue weighted by Crippen LogP contribution is 2.38. The Morgan fingerprint density at radius 1 is 1.04 bits per heavy atom. The summed E-state index contributed by atoms with van der Waals surface area (Å²) in [7, 11) is 1.78. The van der Waals surface area contributed by atoms with Crippen LogP contribution in [0.25, 0.3) is 17.3 Å². The number of benzene rings is 2. The molecule has 0 unspecified atom stereocenters.